The number of hydrogen-bond acceptors (Lipinski definition) is 2. The van der Waals surface area contributed by atoms with Crippen LogP contribution in [0.4, 0.5) is 0 Å². The minimum atomic E-state index is -0.148. The van der Waals surface area contributed by atoms with Crippen molar-refractivity contribution in [2.24, 2.45) is 0 Å². The van der Waals surface area contributed by atoms with Crippen molar-refractivity contribution in [3.05, 3.63) is 34.9 Å². The molecule has 3 heteroatoms. The summed E-state index contributed by atoms with van der Waals surface area (Å²) >= 11 is 3.39. The highest BCUT2D eigenvalue weighted by Gasteiger charge is 2.14. The molecule has 1 unspecified atom stereocenters. The lowest BCUT2D eigenvalue weighted by atomic mass is 9.99. The summed E-state index contributed by atoms with van der Waals surface area (Å²) in [5, 5.41) is 8.81. The molecule has 0 heterocycles. The third-order valence-corrected chi connectivity index (χ3v) is 3.41. The molecule has 0 aliphatic heterocycles. The first-order valence-electron chi connectivity index (χ1n) is 5.25. The van der Waals surface area contributed by atoms with Crippen LogP contribution in [0.5, 0.6) is 0 Å². The van der Waals surface area contributed by atoms with Crippen molar-refractivity contribution in [3.8, 4) is 6.07 Å². The molecule has 0 saturated carbocycles. The van der Waals surface area contributed by atoms with Crippen LogP contribution in [0, 0.1) is 18.3 Å². The first-order chi connectivity index (χ1) is 7.58. The smallest absolute Gasteiger partial charge is 0.146 e. The predicted octanol–water partition coefficient (Wildman–Crippen LogP) is 3.15. The zero-order valence-corrected chi connectivity index (χ0v) is 11.0. The number of hydrogen-bond donors (Lipinski definition) is 0. The van der Waals surface area contributed by atoms with E-state index < -0.39 is 0 Å². The minimum Gasteiger partial charge on any atom is -0.298 e. The van der Waals surface area contributed by atoms with Gasteiger partial charge in [0.2, 0.25) is 0 Å². The summed E-state index contributed by atoms with van der Waals surface area (Å²) in [5.74, 6) is 0.196. The van der Waals surface area contributed by atoms with E-state index >= 15 is 0 Å². The Morgan fingerprint density at radius 2 is 2.25 bits per heavy atom. The molecule has 1 rings (SSSR count). The predicted molar refractivity (Wildman–Crippen MR) is 67.6 cm³/mol. The lowest BCUT2D eigenvalue weighted by Crippen LogP contribution is -2.16. The number of carbonyl (C=O) groups is 1. The first-order valence-corrected chi connectivity index (χ1v) is 6.16. The second-order valence-corrected chi connectivity index (χ2v) is 4.85. The largest absolute Gasteiger partial charge is 0.298 e. The number of ketones is 1. The van der Waals surface area contributed by atoms with Crippen molar-refractivity contribution in [2.45, 2.75) is 31.5 Å². The normalized spacial score (nSPS) is 11.9. The van der Waals surface area contributed by atoms with Crippen molar-refractivity contribution >= 4 is 21.7 Å². The first kappa shape index (κ1) is 12.9. The molecule has 0 aliphatic carbocycles. The van der Waals surface area contributed by atoms with E-state index in [4.69, 9.17) is 5.26 Å². The van der Waals surface area contributed by atoms with Gasteiger partial charge < -0.3 is 0 Å². The highest BCUT2D eigenvalue weighted by atomic mass is 79.9. The summed E-state index contributed by atoms with van der Waals surface area (Å²) in [6.07, 6.45) is 1.18. The van der Waals surface area contributed by atoms with Crippen LogP contribution < -0.4 is 0 Å². The van der Waals surface area contributed by atoms with Gasteiger partial charge in [-0.3, -0.25) is 4.79 Å². The topological polar surface area (TPSA) is 40.9 Å². The molecule has 0 aliphatic rings. The standard InChI is InChI=1S/C13H14BrNO/c1-3-13(16)12(14)7-11-6-10(8-15)5-4-9(11)2/h4-6,12H,3,7H2,1-2H3. The van der Waals surface area contributed by atoms with E-state index in [0.29, 0.717) is 18.4 Å². The molecule has 84 valence electrons. The fraction of sp³-hybridized carbons (Fsp3) is 0.385. The van der Waals surface area contributed by atoms with Gasteiger partial charge in [0.25, 0.3) is 0 Å². The lowest BCUT2D eigenvalue weighted by molar-refractivity contribution is -0.118. The molecule has 0 bridgehead atoms. The number of nitriles is 1. The molecule has 1 atom stereocenters. The quantitative estimate of drug-likeness (QED) is 0.795. The Bertz CT molecular complexity index is 434. The summed E-state index contributed by atoms with van der Waals surface area (Å²) in [4.78, 5) is 11.3. The number of benzene rings is 1. The van der Waals surface area contributed by atoms with Crippen molar-refractivity contribution in [1.29, 1.82) is 5.26 Å². The van der Waals surface area contributed by atoms with Crippen molar-refractivity contribution < 1.29 is 4.79 Å². The molecule has 0 N–H and O–H groups in total. The van der Waals surface area contributed by atoms with Gasteiger partial charge in [-0.2, -0.15) is 5.26 Å². The Morgan fingerprint density at radius 1 is 1.56 bits per heavy atom. The van der Waals surface area contributed by atoms with E-state index in [1.54, 1.807) is 6.07 Å². The maximum absolute atomic E-state index is 11.5. The molecule has 0 saturated heterocycles. The number of halogens is 1. The van der Waals surface area contributed by atoms with E-state index in [-0.39, 0.29) is 10.6 Å². The number of aryl methyl sites for hydroxylation is 1. The van der Waals surface area contributed by atoms with Crippen molar-refractivity contribution in [1.82, 2.24) is 0 Å². The molecule has 16 heavy (non-hydrogen) atoms. The summed E-state index contributed by atoms with van der Waals surface area (Å²) < 4.78 is 0. The van der Waals surface area contributed by atoms with Gasteiger partial charge in [-0.15, -0.1) is 0 Å². The minimum absolute atomic E-state index is 0.148. The Hall–Kier alpha value is -1.14. The van der Waals surface area contributed by atoms with Crippen LogP contribution in [0.1, 0.15) is 30.0 Å². The van der Waals surface area contributed by atoms with Crippen molar-refractivity contribution in [2.75, 3.05) is 0 Å². The zero-order valence-electron chi connectivity index (χ0n) is 9.46. The molecule has 0 radical (unpaired) electrons. The molecule has 0 spiro atoms. The van der Waals surface area contributed by atoms with Gasteiger partial charge in [0.15, 0.2) is 0 Å². The number of nitrogens with zero attached hydrogens (tertiary/aromatic N) is 1. The highest BCUT2D eigenvalue weighted by molar-refractivity contribution is 9.10. The molecule has 0 amide bonds. The molecule has 1 aromatic rings. The Morgan fingerprint density at radius 3 is 2.81 bits per heavy atom. The Labute approximate surface area is 104 Å². The van der Waals surface area contributed by atoms with E-state index in [0.717, 1.165) is 11.1 Å². The van der Waals surface area contributed by atoms with Crippen LogP contribution in [0.25, 0.3) is 0 Å². The molecular weight excluding hydrogens is 266 g/mol. The van der Waals surface area contributed by atoms with Gasteiger partial charge >= 0.3 is 0 Å². The zero-order chi connectivity index (χ0) is 12.1. The van der Waals surface area contributed by atoms with Gasteiger partial charge in [-0.05, 0) is 36.6 Å². The average Bonchev–Trinajstić information content (AvgIpc) is 2.30. The number of alkyl halides is 1. The summed E-state index contributed by atoms with van der Waals surface area (Å²) in [5.41, 5.74) is 2.82. The maximum Gasteiger partial charge on any atom is 0.146 e. The lowest BCUT2D eigenvalue weighted by Gasteiger charge is -2.10. The van der Waals surface area contributed by atoms with Crippen LogP contribution in [-0.2, 0) is 11.2 Å². The fourth-order valence-corrected chi connectivity index (χ4v) is 2.16. The van der Waals surface area contributed by atoms with E-state index in [1.165, 1.54) is 0 Å². The van der Waals surface area contributed by atoms with E-state index in [1.807, 2.05) is 26.0 Å². The molecular formula is C13H14BrNO. The van der Waals surface area contributed by atoms with Crippen LogP contribution in [-0.4, -0.2) is 10.6 Å². The van der Waals surface area contributed by atoms with Gasteiger partial charge in [0, 0.05) is 6.42 Å². The Balaban J connectivity index is 2.88. The fourth-order valence-electron chi connectivity index (χ4n) is 1.49. The van der Waals surface area contributed by atoms with Crippen LogP contribution in [0.3, 0.4) is 0 Å². The van der Waals surface area contributed by atoms with E-state index in [2.05, 4.69) is 22.0 Å². The number of rotatable bonds is 4. The second kappa shape index (κ2) is 5.81. The third kappa shape index (κ3) is 3.18. The molecule has 2 nitrogen and oxygen atoms in total. The average molecular weight is 280 g/mol. The van der Waals surface area contributed by atoms with Gasteiger partial charge in [-0.25, -0.2) is 0 Å². The van der Waals surface area contributed by atoms with Crippen LogP contribution in [0.15, 0.2) is 18.2 Å². The highest BCUT2D eigenvalue weighted by Crippen LogP contribution is 2.17. The number of Topliss-reactive ketones (excluding diaryl/α,β-unsaturated/α-hetero) is 1. The van der Waals surface area contributed by atoms with Crippen LogP contribution >= 0.6 is 15.9 Å². The van der Waals surface area contributed by atoms with Gasteiger partial charge in [-0.1, -0.05) is 28.9 Å². The Kier molecular flexibility index (Phi) is 4.70. The molecule has 0 fully saturated rings. The van der Waals surface area contributed by atoms with Gasteiger partial charge in [0.05, 0.1) is 16.5 Å². The molecule has 0 aromatic heterocycles. The van der Waals surface area contributed by atoms with Crippen LogP contribution in [0.2, 0.25) is 0 Å². The summed E-state index contributed by atoms with van der Waals surface area (Å²) in [6.45, 7) is 3.85. The second-order valence-electron chi connectivity index (χ2n) is 3.74. The third-order valence-electron chi connectivity index (χ3n) is 2.58. The maximum atomic E-state index is 11.5. The summed E-state index contributed by atoms with van der Waals surface area (Å²) in [6, 6.07) is 7.68. The monoisotopic (exact) mass is 279 g/mol. The van der Waals surface area contributed by atoms with Crippen molar-refractivity contribution in [3.63, 3.8) is 0 Å². The number of carbonyl (C=O) groups excluding carboxylic acids is 1. The van der Waals surface area contributed by atoms with Gasteiger partial charge in [0.1, 0.15) is 5.78 Å². The van der Waals surface area contributed by atoms with E-state index in [9.17, 15) is 4.79 Å². The molecule has 1 aromatic carbocycles. The SMILES string of the molecule is CCC(=O)C(Br)Cc1cc(C#N)ccc1C. The summed E-state index contributed by atoms with van der Waals surface area (Å²) in [7, 11) is 0.